The molecule has 3 heterocycles. The average molecular weight is 704 g/mol. The fourth-order valence-corrected chi connectivity index (χ4v) is 7.42. The zero-order valence-electron chi connectivity index (χ0n) is 29.8. The van der Waals surface area contributed by atoms with Crippen molar-refractivity contribution in [3.63, 3.8) is 0 Å². The standard InChI is InChI=1S/C51H33N3O/c1-5-16-34(17-6-1)35-28-30-36(31-29-35)44-33-45(54-51(53-44)39-22-11-4-12-23-39)40-24-15-25-41(32-40)46-47-48(37-18-7-2-8-19-37)52-43-27-14-13-26-42(43)50(47)55-49(46)38-20-9-3-10-21-38/h1-33H. The second-order valence-electron chi connectivity index (χ2n) is 13.6. The van der Waals surface area contributed by atoms with Gasteiger partial charge in [-0.2, -0.15) is 0 Å². The molecule has 258 valence electrons. The number of para-hydroxylation sites is 1. The SMILES string of the molecule is c1ccc(-c2ccc(-c3cc(-c4cccc(-c5c(-c6ccccc6)oc6c5c(-c5ccccc5)nc5ccccc56)c4)nc(-c4ccccc4)n3)cc2)cc1. The Morgan fingerprint density at radius 3 is 1.55 bits per heavy atom. The summed E-state index contributed by atoms with van der Waals surface area (Å²) in [5.41, 5.74) is 13.6. The first-order valence-corrected chi connectivity index (χ1v) is 18.4. The molecule has 7 aromatic carbocycles. The zero-order chi connectivity index (χ0) is 36.6. The highest BCUT2D eigenvalue weighted by Gasteiger charge is 2.24. The first-order chi connectivity index (χ1) is 27.3. The third kappa shape index (κ3) is 6.06. The molecule has 0 saturated carbocycles. The highest BCUT2D eigenvalue weighted by molar-refractivity contribution is 6.17. The molecule has 3 aromatic heterocycles. The van der Waals surface area contributed by atoms with Crippen LogP contribution in [0.4, 0.5) is 0 Å². The maximum absolute atomic E-state index is 6.99. The van der Waals surface area contributed by atoms with Crippen molar-refractivity contribution in [1.29, 1.82) is 0 Å². The summed E-state index contributed by atoms with van der Waals surface area (Å²) in [6, 6.07) is 68.9. The van der Waals surface area contributed by atoms with Gasteiger partial charge in [0.15, 0.2) is 5.82 Å². The minimum Gasteiger partial charge on any atom is -0.455 e. The molecule has 0 unspecified atom stereocenters. The summed E-state index contributed by atoms with van der Waals surface area (Å²) in [7, 11) is 0. The molecule has 0 atom stereocenters. The summed E-state index contributed by atoms with van der Waals surface area (Å²) in [6.45, 7) is 0. The van der Waals surface area contributed by atoms with Gasteiger partial charge in [-0.1, -0.05) is 176 Å². The Kier molecular flexibility index (Phi) is 8.12. The van der Waals surface area contributed by atoms with E-state index in [2.05, 4.69) is 152 Å². The second kappa shape index (κ2) is 13.8. The zero-order valence-corrected chi connectivity index (χ0v) is 29.8. The predicted octanol–water partition coefficient (Wildman–Crippen LogP) is 13.4. The van der Waals surface area contributed by atoms with Crippen LogP contribution in [0.25, 0.3) is 101 Å². The number of rotatable bonds is 7. The summed E-state index contributed by atoms with van der Waals surface area (Å²) in [5.74, 6) is 1.47. The molecule has 4 nitrogen and oxygen atoms in total. The van der Waals surface area contributed by atoms with Crippen molar-refractivity contribution in [3.05, 3.63) is 200 Å². The first kappa shape index (κ1) is 32.2. The van der Waals surface area contributed by atoms with Crippen LogP contribution in [0.15, 0.2) is 205 Å². The highest BCUT2D eigenvalue weighted by atomic mass is 16.3. The maximum Gasteiger partial charge on any atom is 0.160 e. The Morgan fingerprint density at radius 1 is 0.345 bits per heavy atom. The van der Waals surface area contributed by atoms with Gasteiger partial charge < -0.3 is 4.42 Å². The van der Waals surface area contributed by atoms with Crippen molar-refractivity contribution in [2.75, 3.05) is 0 Å². The molecule has 0 aliphatic carbocycles. The van der Waals surface area contributed by atoms with E-state index in [9.17, 15) is 0 Å². The maximum atomic E-state index is 6.99. The Bertz CT molecular complexity index is 2940. The largest absolute Gasteiger partial charge is 0.455 e. The Labute approximate surface area is 319 Å². The molecular formula is C51H33N3O. The molecule has 0 aliphatic heterocycles. The van der Waals surface area contributed by atoms with E-state index in [1.807, 2.05) is 48.5 Å². The molecule has 4 heteroatoms. The van der Waals surface area contributed by atoms with Crippen LogP contribution in [0, 0.1) is 0 Å². The highest BCUT2D eigenvalue weighted by Crippen LogP contribution is 2.47. The molecular weight excluding hydrogens is 671 g/mol. The lowest BCUT2D eigenvalue weighted by Crippen LogP contribution is -1.96. The van der Waals surface area contributed by atoms with Crippen molar-refractivity contribution in [2.45, 2.75) is 0 Å². The summed E-state index contributed by atoms with van der Waals surface area (Å²) < 4.78 is 6.99. The van der Waals surface area contributed by atoms with Crippen LogP contribution in [-0.4, -0.2) is 15.0 Å². The lowest BCUT2D eigenvalue weighted by Gasteiger charge is -2.12. The Morgan fingerprint density at radius 2 is 0.855 bits per heavy atom. The van der Waals surface area contributed by atoms with Gasteiger partial charge in [-0.05, 0) is 41.0 Å². The van der Waals surface area contributed by atoms with E-state index in [1.165, 1.54) is 5.56 Å². The van der Waals surface area contributed by atoms with Gasteiger partial charge in [0.2, 0.25) is 0 Å². The van der Waals surface area contributed by atoms with Crippen LogP contribution in [0.1, 0.15) is 0 Å². The van der Waals surface area contributed by atoms with Gasteiger partial charge in [0.1, 0.15) is 11.3 Å². The molecule has 0 radical (unpaired) electrons. The summed E-state index contributed by atoms with van der Waals surface area (Å²) >= 11 is 0. The summed E-state index contributed by atoms with van der Waals surface area (Å²) in [4.78, 5) is 15.6. The number of aromatic nitrogens is 3. The van der Waals surface area contributed by atoms with E-state index in [0.717, 1.165) is 89.2 Å². The number of hydrogen-bond acceptors (Lipinski definition) is 4. The van der Waals surface area contributed by atoms with Crippen LogP contribution in [0.2, 0.25) is 0 Å². The minimum atomic E-state index is 0.673. The fraction of sp³-hybridized carbons (Fsp3) is 0. The van der Waals surface area contributed by atoms with E-state index < -0.39 is 0 Å². The smallest absolute Gasteiger partial charge is 0.160 e. The molecule has 10 aromatic rings. The number of pyridine rings is 1. The van der Waals surface area contributed by atoms with Gasteiger partial charge >= 0.3 is 0 Å². The van der Waals surface area contributed by atoms with Gasteiger partial charge in [0, 0.05) is 38.8 Å². The van der Waals surface area contributed by atoms with Crippen molar-refractivity contribution in [1.82, 2.24) is 15.0 Å². The van der Waals surface area contributed by atoms with E-state index >= 15 is 0 Å². The van der Waals surface area contributed by atoms with E-state index in [1.54, 1.807) is 0 Å². The Hall–Kier alpha value is -7.43. The van der Waals surface area contributed by atoms with Crippen molar-refractivity contribution in [2.24, 2.45) is 0 Å². The molecule has 0 bridgehead atoms. The predicted molar refractivity (Wildman–Crippen MR) is 225 cm³/mol. The first-order valence-electron chi connectivity index (χ1n) is 18.4. The monoisotopic (exact) mass is 703 g/mol. The van der Waals surface area contributed by atoms with Crippen molar-refractivity contribution < 1.29 is 4.42 Å². The van der Waals surface area contributed by atoms with Crippen molar-refractivity contribution >= 4 is 21.9 Å². The number of furan rings is 1. The van der Waals surface area contributed by atoms with Gasteiger partial charge in [0.05, 0.1) is 28.0 Å². The normalized spacial score (nSPS) is 11.3. The Balaban J connectivity index is 1.19. The average Bonchev–Trinajstić information content (AvgIpc) is 3.69. The van der Waals surface area contributed by atoms with Gasteiger partial charge in [-0.3, -0.25) is 0 Å². The number of fused-ring (bicyclic) bond motifs is 3. The third-order valence-electron chi connectivity index (χ3n) is 10.1. The topological polar surface area (TPSA) is 51.8 Å². The fourth-order valence-electron chi connectivity index (χ4n) is 7.42. The lowest BCUT2D eigenvalue weighted by molar-refractivity contribution is 0.636. The van der Waals surface area contributed by atoms with Crippen LogP contribution < -0.4 is 0 Å². The van der Waals surface area contributed by atoms with Gasteiger partial charge in [-0.25, -0.2) is 15.0 Å². The summed E-state index contributed by atoms with van der Waals surface area (Å²) in [6.07, 6.45) is 0. The number of nitrogens with zero attached hydrogens (tertiary/aromatic N) is 3. The third-order valence-corrected chi connectivity index (χ3v) is 10.1. The molecule has 0 aliphatic rings. The summed E-state index contributed by atoms with van der Waals surface area (Å²) in [5, 5.41) is 1.95. The molecule has 0 N–H and O–H groups in total. The molecule has 0 fully saturated rings. The van der Waals surface area contributed by atoms with Crippen LogP contribution in [0.5, 0.6) is 0 Å². The molecule has 55 heavy (non-hydrogen) atoms. The minimum absolute atomic E-state index is 0.673. The van der Waals surface area contributed by atoms with Gasteiger partial charge in [0.25, 0.3) is 0 Å². The second-order valence-corrected chi connectivity index (χ2v) is 13.6. The molecule has 0 spiro atoms. The number of benzene rings is 7. The van der Waals surface area contributed by atoms with Crippen LogP contribution in [0.3, 0.4) is 0 Å². The number of hydrogen-bond donors (Lipinski definition) is 0. The van der Waals surface area contributed by atoms with Crippen LogP contribution >= 0.6 is 0 Å². The van der Waals surface area contributed by atoms with E-state index in [0.29, 0.717) is 5.82 Å². The molecule has 0 amide bonds. The van der Waals surface area contributed by atoms with Crippen LogP contribution in [-0.2, 0) is 0 Å². The quantitative estimate of drug-likeness (QED) is 0.166. The van der Waals surface area contributed by atoms with E-state index in [4.69, 9.17) is 19.4 Å². The molecule has 10 rings (SSSR count). The van der Waals surface area contributed by atoms with Crippen molar-refractivity contribution in [3.8, 4) is 78.7 Å². The van der Waals surface area contributed by atoms with E-state index in [-0.39, 0.29) is 0 Å². The van der Waals surface area contributed by atoms with Gasteiger partial charge in [-0.15, -0.1) is 0 Å². The lowest BCUT2D eigenvalue weighted by atomic mass is 9.93. The molecule has 0 saturated heterocycles.